The van der Waals surface area contributed by atoms with E-state index in [1.54, 1.807) is 0 Å². The third-order valence-electron chi connectivity index (χ3n) is 8.11. The largest absolute Gasteiger partial charge is 0.456 e. The van der Waals surface area contributed by atoms with Crippen molar-refractivity contribution in [2.45, 2.75) is 7.43 Å². The van der Waals surface area contributed by atoms with Crippen LogP contribution in [0.25, 0.3) is 76.9 Å². The Labute approximate surface area is 231 Å². The van der Waals surface area contributed by atoms with Crippen molar-refractivity contribution in [3.63, 3.8) is 0 Å². The highest BCUT2D eigenvalue weighted by molar-refractivity contribution is 6.12. The molecule has 3 heteroatoms. The lowest BCUT2D eigenvalue weighted by molar-refractivity contribution is 0.669. The molecule has 0 amide bonds. The van der Waals surface area contributed by atoms with Crippen LogP contribution in [0.5, 0.6) is 0 Å². The lowest BCUT2D eigenvalue weighted by Gasteiger charge is -2.09. The zero-order valence-electron chi connectivity index (χ0n) is 21.0. The first-order chi connectivity index (χ1) is 19.3. The summed E-state index contributed by atoms with van der Waals surface area (Å²) in [5.74, 6) is 0. The molecule has 9 aromatic rings. The van der Waals surface area contributed by atoms with Gasteiger partial charge >= 0.3 is 0 Å². The molecule has 9 rings (SSSR count). The van der Waals surface area contributed by atoms with Gasteiger partial charge in [0.25, 0.3) is 0 Å². The molecule has 3 heterocycles. The summed E-state index contributed by atoms with van der Waals surface area (Å²) in [6.45, 7) is 0. The lowest BCUT2D eigenvalue weighted by atomic mass is 10.1. The van der Waals surface area contributed by atoms with Crippen LogP contribution < -0.4 is 0 Å². The number of benzene rings is 6. The van der Waals surface area contributed by atoms with Gasteiger partial charge in [0, 0.05) is 43.7 Å². The van der Waals surface area contributed by atoms with Crippen LogP contribution in [0.15, 0.2) is 138 Å². The Balaban J connectivity index is 0.00000245. The summed E-state index contributed by atoms with van der Waals surface area (Å²) >= 11 is 0. The fourth-order valence-electron chi connectivity index (χ4n) is 6.43. The van der Waals surface area contributed by atoms with Crippen molar-refractivity contribution in [1.82, 2.24) is 9.13 Å². The number of aromatic nitrogens is 2. The monoisotopic (exact) mass is 514 g/mol. The molecular formula is C37H26N2O. The number of rotatable bonds is 2. The first-order valence-electron chi connectivity index (χ1n) is 13.3. The number of hydrogen-bond acceptors (Lipinski definition) is 1. The predicted octanol–water partition coefficient (Wildman–Crippen LogP) is 10.4. The highest BCUT2D eigenvalue weighted by atomic mass is 16.3. The zero-order valence-corrected chi connectivity index (χ0v) is 21.0. The van der Waals surface area contributed by atoms with Gasteiger partial charge in [0.2, 0.25) is 0 Å². The second-order valence-corrected chi connectivity index (χ2v) is 10.2. The highest BCUT2D eigenvalue weighted by Gasteiger charge is 2.16. The molecule has 0 radical (unpaired) electrons. The van der Waals surface area contributed by atoms with Crippen LogP contribution in [0, 0.1) is 0 Å². The summed E-state index contributed by atoms with van der Waals surface area (Å²) in [6, 6.07) is 47.6. The number of furan rings is 1. The molecule has 0 aliphatic rings. The molecule has 0 spiro atoms. The van der Waals surface area contributed by atoms with Gasteiger partial charge < -0.3 is 13.6 Å². The van der Waals surface area contributed by atoms with Crippen LogP contribution in [-0.4, -0.2) is 9.13 Å². The average molecular weight is 515 g/mol. The molecule has 0 fully saturated rings. The normalized spacial score (nSPS) is 11.8. The minimum atomic E-state index is 0. The van der Waals surface area contributed by atoms with Crippen LogP contribution in [0.1, 0.15) is 7.43 Å². The molecule has 190 valence electrons. The Kier molecular flexibility index (Phi) is 4.74. The molecule has 3 nitrogen and oxygen atoms in total. The van der Waals surface area contributed by atoms with Crippen molar-refractivity contribution in [1.29, 1.82) is 0 Å². The molecular weight excluding hydrogens is 488 g/mol. The van der Waals surface area contributed by atoms with Crippen molar-refractivity contribution in [2.75, 3.05) is 0 Å². The molecule has 0 saturated heterocycles. The van der Waals surface area contributed by atoms with E-state index in [1.807, 2.05) is 0 Å². The van der Waals surface area contributed by atoms with Gasteiger partial charge in [-0.05, 0) is 60.7 Å². The van der Waals surface area contributed by atoms with E-state index in [1.165, 1.54) is 43.6 Å². The Morgan fingerprint density at radius 3 is 1.02 bits per heavy atom. The van der Waals surface area contributed by atoms with Gasteiger partial charge in [-0.3, -0.25) is 0 Å². The second-order valence-electron chi connectivity index (χ2n) is 10.2. The van der Waals surface area contributed by atoms with Crippen LogP contribution in [0.3, 0.4) is 0 Å². The maximum Gasteiger partial charge on any atom is 0.135 e. The zero-order chi connectivity index (χ0) is 25.5. The van der Waals surface area contributed by atoms with E-state index in [0.717, 1.165) is 33.3 Å². The van der Waals surface area contributed by atoms with Gasteiger partial charge in [0.1, 0.15) is 11.2 Å². The van der Waals surface area contributed by atoms with E-state index < -0.39 is 0 Å². The first kappa shape index (κ1) is 22.7. The van der Waals surface area contributed by atoms with Crippen LogP contribution in [-0.2, 0) is 0 Å². The topological polar surface area (TPSA) is 23.0 Å². The smallest absolute Gasteiger partial charge is 0.135 e. The van der Waals surface area contributed by atoms with Gasteiger partial charge in [-0.25, -0.2) is 0 Å². The molecule has 0 atom stereocenters. The Hall–Kier alpha value is -5.28. The van der Waals surface area contributed by atoms with E-state index in [2.05, 4.69) is 143 Å². The Morgan fingerprint density at radius 1 is 0.350 bits per heavy atom. The molecule has 0 unspecified atom stereocenters. The Bertz CT molecular complexity index is 2120. The SMILES string of the molecule is C.c1ccc2c(c1)c1ccccc1n2-c1ccc2oc3ccc(-n4c5ccccc5c5ccccc54)cc3c2c1. The minimum absolute atomic E-state index is 0. The van der Waals surface area contributed by atoms with E-state index >= 15 is 0 Å². The van der Waals surface area contributed by atoms with Gasteiger partial charge in [-0.2, -0.15) is 0 Å². The first-order valence-corrected chi connectivity index (χ1v) is 13.3. The average Bonchev–Trinajstić information content (AvgIpc) is 3.64. The number of nitrogens with zero attached hydrogens (tertiary/aromatic N) is 2. The van der Waals surface area contributed by atoms with Gasteiger partial charge in [0.05, 0.1) is 22.1 Å². The summed E-state index contributed by atoms with van der Waals surface area (Å²) in [5, 5.41) is 7.29. The van der Waals surface area contributed by atoms with Crippen LogP contribution in [0.4, 0.5) is 0 Å². The highest BCUT2D eigenvalue weighted by Crippen LogP contribution is 2.37. The molecule has 0 N–H and O–H groups in total. The van der Waals surface area contributed by atoms with Crippen LogP contribution >= 0.6 is 0 Å². The third-order valence-corrected chi connectivity index (χ3v) is 8.11. The molecule has 0 aliphatic heterocycles. The van der Waals surface area contributed by atoms with Crippen molar-refractivity contribution in [3.05, 3.63) is 133 Å². The maximum absolute atomic E-state index is 6.33. The van der Waals surface area contributed by atoms with Crippen LogP contribution in [0.2, 0.25) is 0 Å². The minimum Gasteiger partial charge on any atom is -0.456 e. The molecule has 6 aromatic carbocycles. The standard InChI is InChI=1S/C36H22N2O.CH4/c1-5-13-31-25(9-1)26-10-2-6-14-32(26)37(31)23-17-19-35-29(21-23)30-22-24(18-20-36(30)39-35)38-33-15-7-3-11-27(33)28-12-4-8-16-34(28)38;/h1-22H;1H4. The van der Waals surface area contributed by atoms with E-state index in [0.29, 0.717) is 0 Å². The number of fused-ring (bicyclic) bond motifs is 9. The predicted molar refractivity (Wildman–Crippen MR) is 169 cm³/mol. The quantitative estimate of drug-likeness (QED) is 0.225. The fourth-order valence-corrected chi connectivity index (χ4v) is 6.43. The summed E-state index contributed by atoms with van der Waals surface area (Å²) < 4.78 is 11.1. The summed E-state index contributed by atoms with van der Waals surface area (Å²) in [6.07, 6.45) is 0. The van der Waals surface area contributed by atoms with Crippen molar-refractivity contribution >= 4 is 65.6 Å². The van der Waals surface area contributed by atoms with E-state index in [9.17, 15) is 0 Å². The van der Waals surface area contributed by atoms with Gasteiger partial charge in [0.15, 0.2) is 0 Å². The summed E-state index contributed by atoms with van der Waals surface area (Å²) in [4.78, 5) is 0. The summed E-state index contributed by atoms with van der Waals surface area (Å²) in [7, 11) is 0. The van der Waals surface area contributed by atoms with Gasteiger partial charge in [-0.1, -0.05) is 80.2 Å². The van der Waals surface area contributed by atoms with Crippen molar-refractivity contribution in [2.24, 2.45) is 0 Å². The summed E-state index contributed by atoms with van der Waals surface area (Å²) in [5.41, 5.74) is 8.87. The van der Waals surface area contributed by atoms with Gasteiger partial charge in [-0.15, -0.1) is 0 Å². The molecule has 3 aromatic heterocycles. The van der Waals surface area contributed by atoms with Crippen molar-refractivity contribution in [3.8, 4) is 11.4 Å². The van der Waals surface area contributed by atoms with Crippen molar-refractivity contribution < 1.29 is 4.42 Å². The maximum atomic E-state index is 6.33. The number of para-hydroxylation sites is 4. The van der Waals surface area contributed by atoms with E-state index in [4.69, 9.17) is 4.42 Å². The Morgan fingerprint density at radius 2 is 0.675 bits per heavy atom. The lowest BCUT2D eigenvalue weighted by Crippen LogP contribution is -1.94. The van der Waals surface area contributed by atoms with E-state index in [-0.39, 0.29) is 7.43 Å². The molecule has 0 bridgehead atoms. The molecule has 0 saturated carbocycles. The fraction of sp³-hybridized carbons (Fsp3) is 0.0270. The molecule has 40 heavy (non-hydrogen) atoms. The third kappa shape index (κ3) is 3.00. The second kappa shape index (κ2) is 8.36. The molecule has 0 aliphatic carbocycles. The number of hydrogen-bond donors (Lipinski definition) is 0.